The van der Waals surface area contributed by atoms with Crippen LogP contribution in [0.2, 0.25) is 0 Å². The summed E-state index contributed by atoms with van der Waals surface area (Å²) in [6, 6.07) is 22.2. The minimum absolute atomic E-state index is 0.304. The summed E-state index contributed by atoms with van der Waals surface area (Å²) in [5.41, 5.74) is 0. The van der Waals surface area contributed by atoms with Crippen molar-refractivity contribution in [2.24, 2.45) is 0 Å². The lowest BCUT2D eigenvalue weighted by Crippen LogP contribution is -2.02. The number of benzene rings is 3. The Morgan fingerprint density at radius 3 is 2.43 bits per heavy atom. The highest BCUT2D eigenvalue weighted by molar-refractivity contribution is 7.99. The largest absolute Gasteiger partial charge is 0.426 e. The van der Waals surface area contributed by atoms with Crippen LogP contribution in [-0.4, -0.2) is 5.97 Å². The number of carbonyl (C=O) groups is 1. The molecule has 0 N–H and O–H groups in total. The summed E-state index contributed by atoms with van der Waals surface area (Å²) in [6.45, 7) is 1.41. The second-order valence-corrected chi connectivity index (χ2v) is 5.77. The highest BCUT2D eigenvalue weighted by Gasteiger charge is 2.07. The Bertz CT molecular complexity index is 796. The Hall–Kier alpha value is -2.26. The molecule has 0 saturated heterocycles. The van der Waals surface area contributed by atoms with Gasteiger partial charge in [-0.05, 0) is 35.0 Å². The summed E-state index contributed by atoms with van der Waals surface area (Å²) in [5, 5.41) is 2.42. The summed E-state index contributed by atoms with van der Waals surface area (Å²) < 4.78 is 5.25. The van der Waals surface area contributed by atoms with Crippen molar-refractivity contribution < 1.29 is 9.53 Å². The topological polar surface area (TPSA) is 26.3 Å². The van der Waals surface area contributed by atoms with Gasteiger partial charge in [0.25, 0.3) is 0 Å². The number of ether oxygens (including phenoxy) is 1. The SMILES string of the molecule is CC(=O)Oc1ccccc1Sc1ccc2ccccc2c1. The van der Waals surface area contributed by atoms with E-state index in [4.69, 9.17) is 4.74 Å². The predicted molar refractivity (Wildman–Crippen MR) is 85.8 cm³/mol. The summed E-state index contributed by atoms with van der Waals surface area (Å²) in [4.78, 5) is 13.2. The van der Waals surface area contributed by atoms with Gasteiger partial charge in [-0.2, -0.15) is 0 Å². The average Bonchev–Trinajstić information content (AvgIpc) is 2.49. The van der Waals surface area contributed by atoms with Crippen molar-refractivity contribution in [3.05, 3.63) is 66.7 Å². The molecular weight excluding hydrogens is 280 g/mol. The summed E-state index contributed by atoms with van der Waals surface area (Å²) in [6.07, 6.45) is 0. The molecule has 0 atom stereocenters. The zero-order chi connectivity index (χ0) is 14.7. The van der Waals surface area contributed by atoms with E-state index in [0.717, 1.165) is 9.79 Å². The van der Waals surface area contributed by atoms with Crippen molar-refractivity contribution in [3.63, 3.8) is 0 Å². The molecule has 0 amide bonds. The van der Waals surface area contributed by atoms with Gasteiger partial charge >= 0.3 is 5.97 Å². The molecule has 21 heavy (non-hydrogen) atoms. The molecule has 0 aliphatic carbocycles. The number of hydrogen-bond acceptors (Lipinski definition) is 3. The van der Waals surface area contributed by atoms with Crippen LogP contribution >= 0.6 is 11.8 Å². The maximum atomic E-state index is 11.2. The first-order valence-electron chi connectivity index (χ1n) is 6.66. The molecule has 0 unspecified atom stereocenters. The lowest BCUT2D eigenvalue weighted by molar-refractivity contribution is -0.132. The summed E-state index contributed by atoms with van der Waals surface area (Å²) >= 11 is 1.59. The van der Waals surface area contributed by atoms with Crippen LogP contribution in [-0.2, 0) is 4.79 Å². The molecule has 3 aromatic carbocycles. The Morgan fingerprint density at radius 1 is 0.905 bits per heavy atom. The van der Waals surface area contributed by atoms with Gasteiger partial charge in [-0.1, -0.05) is 54.2 Å². The van der Waals surface area contributed by atoms with Gasteiger partial charge in [-0.25, -0.2) is 0 Å². The van der Waals surface area contributed by atoms with Gasteiger partial charge in [0.2, 0.25) is 0 Å². The van der Waals surface area contributed by atoms with E-state index in [1.54, 1.807) is 11.8 Å². The second kappa shape index (κ2) is 6.02. The van der Waals surface area contributed by atoms with Crippen LogP contribution in [0.1, 0.15) is 6.92 Å². The fourth-order valence-electron chi connectivity index (χ4n) is 2.13. The van der Waals surface area contributed by atoms with E-state index < -0.39 is 0 Å². The molecule has 0 spiro atoms. The smallest absolute Gasteiger partial charge is 0.308 e. The fourth-order valence-corrected chi connectivity index (χ4v) is 3.06. The van der Waals surface area contributed by atoms with E-state index in [1.165, 1.54) is 17.7 Å². The number of para-hydroxylation sites is 1. The standard InChI is InChI=1S/C18H14O2S/c1-13(19)20-17-8-4-5-9-18(17)21-16-11-10-14-6-2-3-7-15(14)12-16/h2-12H,1H3. The molecule has 0 aliphatic rings. The maximum Gasteiger partial charge on any atom is 0.308 e. The monoisotopic (exact) mass is 294 g/mol. The van der Waals surface area contributed by atoms with Gasteiger partial charge < -0.3 is 4.74 Å². The molecule has 0 aromatic heterocycles. The van der Waals surface area contributed by atoms with E-state index in [1.807, 2.05) is 36.4 Å². The van der Waals surface area contributed by atoms with Crippen LogP contribution < -0.4 is 4.74 Å². The molecule has 0 aliphatic heterocycles. The number of esters is 1. The van der Waals surface area contributed by atoms with Gasteiger partial charge in [-0.15, -0.1) is 0 Å². The first-order chi connectivity index (χ1) is 10.2. The van der Waals surface area contributed by atoms with Crippen LogP contribution in [0, 0.1) is 0 Å². The van der Waals surface area contributed by atoms with Crippen LogP contribution in [0.5, 0.6) is 5.75 Å². The van der Waals surface area contributed by atoms with Gasteiger partial charge in [0.05, 0.1) is 4.90 Å². The maximum absolute atomic E-state index is 11.2. The third-order valence-corrected chi connectivity index (χ3v) is 4.10. The molecule has 0 fully saturated rings. The number of hydrogen-bond donors (Lipinski definition) is 0. The second-order valence-electron chi connectivity index (χ2n) is 4.65. The first kappa shape index (κ1) is 13.7. The molecule has 0 bridgehead atoms. The van der Waals surface area contributed by atoms with Crippen LogP contribution in [0.25, 0.3) is 10.8 Å². The lowest BCUT2D eigenvalue weighted by Gasteiger charge is -2.09. The quantitative estimate of drug-likeness (QED) is 0.507. The van der Waals surface area contributed by atoms with E-state index >= 15 is 0 Å². The van der Waals surface area contributed by atoms with E-state index in [2.05, 4.69) is 30.3 Å². The molecule has 104 valence electrons. The molecule has 3 heteroatoms. The van der Waals surface area contributed by atoms with Crippen LogP contribution in [0.4, 0.5) is 0 Å². The van der Waals surface area contributed by atoms with E-state index in [9.17, 15) is 4.79 Å². The van der Waals surface area contributed by atoms with Gasteiger partial charge in [0.15, 0.2) is 0 Å². The molecule has 0 saturated carbocycles. The fraction of sp³-hybridized carbons (Fsp3) is 0.0556. The molecule has 0 heterocycles. The lowest BCUT2D eigenvalue weighted by atomic mass is 10.1. The Kier molecular flexibility index (Phi) is 3.93. The van der Waals surface area contributed by atoms with Crippen molar-refractivity contribution in [2.75, 3.05) is 0 Å². The molecule has 3 rings (SSSR count). The van der Waals surface area contributed by atoms with E-state index in [-0.39, 0.29) is 5.97 Å². The minimum atomic E-state index is -0.304. The zero-order valence-electron chi connectivity index (χ0n) is 11.6. The zero-order valence-corrected chi connectivity index (χ0v) is 12.4. The summed E-state index contributed by atoms with van der Waals surface area (Å²) in [5.74, 6) is 0.296. The highest BCUT2D eigenvalue weighted by atomic mass is 32.2. The van der Waals surface area contributed by atoms with Gasteiger partial charge in [0, 0.05) is 11.8 Å². The van der Waals surface area contributed by atoms with Crippen LogP contribution in [0.15, 0.2) is 76.5 Å². The average molecular weight is 294 g/mol. The Morgan fingerprint density at radius 2 is 1.62 bits per heavy atom. The van der Waals surface area contributed by atoms with Crippen molar-refractivity contribution in [1.82, 2.24) is 0 Å². The van der Waals surface area contributed by atoms with Crippen LogP contribution in [0.3, 0.4) is 0 Å². The number of rotatable bonds is 3. The van der Waals surface area contributed by atoms with Gasteiger partial charge in [0.1, 0.15) is 5.75 Å². The number of carbonyl (C=O) groups excluding carboxylic acids is 1. The van der Waals surface area contributed by atoms with Gasteiger partial charge in [-0.3, -0.25) is 4.79 Å². The Balaban J connectivity index is 1.93. The molecule has 0 radical (unpaired) electrons. The molecular formula is C18H14O2S. The third-order valence-electron chi connectivity index (χ3n) is 3.05. The summed E-state index contributed by atoms with van der Waals surface area (Å²) in [7, 11) is 0. The van der Waals surface area contributed by atoms with Crippen molar-refractivity contribution in [1.29, 1.82) is 0 Å². The van der Waals surface area contributed by atoms with Crippen molar-refractivity contribution in [2.45, 2.75) is 16.7 Å². The van der Waals surface area contributed by atoms with E-state index in [0.29, 0.717) is 5.75 Å². The minimum Gasteiger partial charge on any atom is -0.426 e. The van der Waals surface area contributed by atoms with Crippen molar-refractivity contribution in [3.8, 4) is 5.75 Å². The molecule has 3 aromatic rings. The highest BCUT2D eigenvalue weighted by Crippen LogP contribution is 2.36. The first-order valence-corrected chi connectivity index (χ1v) is 7.48. The number of fused-ring (bicyclic) bond motifs is 1. The predicted octanol–water partition coefficient (Wildman–Crippen LogP) is 4.92. The normalized spacial score (nSPS) is 10.5. The molecule has 2 nitrogen and oxygen atoms in total. The third kappa shape index (κ3) is 3.26. The van der Waals surface area contributed by atoms with Crippen molar-refractivity contribution >= 4 is 28.5 Å². The Labute approximate surface area is 127 Å².